The number of hydrogen-bond acceptors (Lipinski definition) is 8. The third-order valence-corrected chi connectivity index (χ3v) is 10.6. The summed E-state index contributed by atoms with van der Waals surface area (Å²) in [5, 5.41) is 16.6. The summed E-state index contributed by atoms with van der Waals surface area (Å²) < 4.78 is 5.49. The molecule has 12 heteroatoms. The predicted molar refractivity (Wildman–Crippen MR) is 195 cm³/mol. The third-order valence-electron chi connectivity index (χ3n) is 9.59. The number of aryl methyl sites for hydroxylation is 1. The summed E-state index contributed by atoms with van der Waals surface area (Å²) in [5.41, 5.74) is 3.66. The van der Waals surface area contributed by atoms with Gasteiger partial charge in [0, 0.05) is 32.5 Å². The van der Waals surface area contributed by atoms with Crippen LogP contribution in [0.15, 0.2) is 29.8 Å². The number of likely N-dealkylation sites (tertiary alicyclic amines) is 2. The summed E-state index contributed by atoms with van der Waals surface area (Å²) in [4.78, 5) is 61.7. The van der Waals surface area contributed by atoms with Gasteiger partial charge in [0.15, 0.2) is 0 Å². The molecule has 4 atom stereocenters. The molecule has 4 amide bonds. The molecule has 2 fully saturated rings. The van der Waals surface area contributed by atoms with Gasteiger partial charge in [-0.25, -0.2) is 9.78 Å². The molecule has 11 nitrogen and oxygen atoms in total. The molecule has 1 aromatic carbocycles. The predicted octanol–water partition coefficient (Wildman–Crippen LogP) is 6.00. The van der Waals surface area contributed by atoms with Crippen LogP contribution in [-0.2, 0) is 19.1 Å². The first-order valence-electron chi connectivity index (χ1n) is 18.0. The second kappa shape index (κ2) is 16.7. The highest BCUT2D eigenvalue weighted by molar-refractivity contribution is 7.13. The average Bonchev–Trinajstić information content (AvgIpc) is 3.65. The normalized spacial score (nSPS) is 19.9. The van der Waals surface area contributed by atoms with Gasteiger partial charge in [-0.2, -0.15) is 0 Å². The number of rotatable bonds is 11. The highest BCUT2D eigenvalue weighted by Gasteiger charge is 2.44. The monoisotopic (exact) mass is 711 g/mol. The summed E-state index contributed by atoms with van der Waals surface area (Å²) >= 11 is 1.59. The fraction of sp³-hybridized carbons (Fsp3) is 0.658. The molecule has 0 unspecified atom stereocenters. The molecule has 50 heavy (non-hydrogen) atoms. The molecular formula is C38H57N5O6S. The standard InChI is InChI=1S/C38H57N5O6S/c1-24(27-13-15-28(16-14-27)32-25(2)39-23-50-32)40-34(46)30-21-29(44)22-43(30)35(47)33(37(3,4)5)41-31(45)12-10-9-11-26-17-19-42(20-18-26)36(48)49-38(6,7)8/h13-16,23-24,26,29-30,33,44H,9-12,17-22H2,1-8H3,(H,40,46)(H,41,45)/t24-,29+,30-,33+/m0/s1. The minimum atomic E-state index is -0.854. The van der Waals surface area contributed by atoms with Crippen molar-refractivity contribution in [2.24, 2.45) is 11.3 Å². The van der Waals surface area contributed by atoms with Crippen molar-refractivity contribution >= 4 is 35.2 Å². The molecule has 2 aliphatic heterocycles. The molecule has 2 aliphatic rings. The lowest BCUT2D eigenvalue weighted by Crippen LogP contribution is -2.57. The fourth-order valence-electron chi connectivity index (χ4n) is 6.70. The quantitative estimate of drug-likeness (QED) is 0.243. The van der Waals surface area contributed by atoms with Gasteiger partial charge < -0.3 is 30.3 Å². The van der Waals surface area contributed by atoms with Crippen LogP contribution in [0.2, 0.25) is 0 Å². The number of nitrogens with one attached hydrogen (secondary N) is 2. The van der Waals surface area contributed by atoms with E-state index in [-0.39, 0.29) is 42.8 Å². The molecule has 4 rings (SSSR count). The van der Waals surface area contributed by atoms with Crippen LogP contribution in [-0.4, -0.2) is 87.1 Å². The zero-order valence-electron chi connectivity index (χ0n) is 31.1. The Kier molecular flexibility index (Phi) is 13.1. The smallest absolute Gasteiger partial charge is 0.410 e. The number of ether oxygens (including phenoxy) is 1. The Bertz CT molecular complexity index is 1470. The number of β-amino-alcohol motifs (C(OH)–C–C–N with tert-alkyl or cyclic N) is 1. The number of aromatic nitrogens is 1. The summed E-state index contributed by atoms with van der Waals surface area (Å²) in [6, 6.07) is 5.97. The number of carbonyl (C=O) groups is 4. The summed E-state index contributed by atoms with van der Waals surface area (Å²) in [6.45, 7) is 16.5. The summed E-state index contributed by atoms with van der Waals surface area (Å²) in [6.07, 6.45) is 3.72. The molecule has 0 spiro atoms. The van der Waals surface area contributed by atoms with E-state index in [1.807, 2.05) is 85.2 Å². The Morgan fingerprint density at radius 3 is 2.26 bits per heavy atom. The molecule has 3 N–H and O–H groups in total. The molecule has 3 heterocycles. The first-order chi connectivity index (χ1) is 23.4. The van der Waals surface area contributed by atoms with Crippen molar-refractivity contribution in [3.63, 3.8) is 0 Å². The second-order valence-electron chi connectivity index (χ2n) is 16.0. The average molecular weight is 712 g/mol. The van der Waals surface area contributed by atoms with Crippen molar-refractivity contribution in [2.75, 3.05) is 19.6 Å². The number of amides is 4. The van der Waals surface area contributed by atoms with E-state index in [4.69, 9.17) is 4.74 Å². The van der Waals surface area contributed by atoms with Crippen molar-refractivity contribution in [1.82, 2.24) is 25.4 Å². The summed E-state index contributed by atoms with van der Waals surface area (Å²) in [7, 11) is 0. The zero-order chi connectivity index (χ0) is 36.8. The van der Waals surface area contributed by atoms with Crippen molar-refractivity contribution in [2.45, 2.75) is 130 Å². The number of aliphatic hydroxyl groups is 1. The van der Waals surface area contributed by atoms with Gasteiger partial charge in [0.2, 0.25) is 17.7 Å². The van der Waals surface area contributed by atoms with Crippen molar-refractivity contribution in [1.29, 1.82) is 0 Å². The largest absolute Gasteiger partial charge is 0.444 e. The van der Waals surface area contributed by atoms with E-state index in [9.17, 15) is 24.3 Å². The number of hydrogen-bond donors (Lipinski definition) is 3. The van der Waals surface area contributed by atoms with Gasteiger partial charge in [-0.15, -0.1) is 11.3 Å². The van der Waals surface area contributed by atoms with Crippen LogP contribution >= 0.6 is 11.3 Å². The second-order valence-corrected chi connectivity index (χ2v) is 16.9. The van der Waals surface area contributed by atoms with Gasteiger partial charge in [-0.3, -0.25) is 14.4 Å². The van der Waals surface area contributed by atoms with E-state index >= 15 is 0 Å². The zero-order valence-corrected chi connectivity index (χ0v) is 31.9. The number of thiazole rings is 1. The number of carbonyl (C=O) groups excluding carboxylic acids is 4. The van der Waals surface area contributed by atoms with Gasteiger partial charge in [0.1, 0.15) is 17.7 Å². The maximum Gasteiger partial charge on any atom is 0.410 e. The topological polar surface area (TPSA) is 141 Å². The lowest BCUT2D eigenvalue weighted by Gasteiger charge is -2.35. The molecule has 0 bridgehead atoms. The maximum atomic E-state index is 14.0. The molecule has 0 aliphatic carbocycles. The molecule has 0 saturated carbocycles. The van der Waals surface area contributed by atoms with E-state index in [0.717, 1.165) is 47.4 Å². The van der Waals surface area contributed by atoms with E-state index in [1.165, 1.54) is 4.90 Å². The first-order valence-corrected chi connectivity index (χ1v) is 18.9. The van der Waals surface area contributed by atoms with Crippen LogP contribution in [0.1, 0.15) is 111 Å². The summed E-state index contributed by atoms with van der Waals surface area (Å²) in [5.74, 6) is -0.401. The number of aliphatic hydroxyl groups excluding tert-OH is 1. The highest BCUT2D eigenvalue weighted by Crippen LogP contribution is 2.30. The van der Waals surface area contributed by atoms with Crippen LogP contribution in [0.5, 0.6) is 0 Å². The number of benzene rings is 1. The van der Waals surface area contributed by atoms with E-state index in [0.29, 0.717) is 31.8 Å². The molecular weight excluding hydrogens is 655 g/mol. The van der Waals surface area contributed by atoms with E-state index < -0.39 is 29.2 Å². The third kappa shape index (κ3) is 10.7. The minimum absolute atomic E-state index is 0.0311. The maximum absolute atomic E-state index is 14.0. The van der Waals surface area contributed by atoms with Crippen molar-refractivity contribution in [3.05, 3.63) is 41.0 Å². The molecule has 0 radical (unpaired) electrons. The van der Waals surface area contributed by atoms with Gasteiger partial charge in [-0.1, -0.05) is 57.9 Å². The van der Waals surface area contributed by atoms with Gasteiger partial charge >= 0.3 is 6.09 Å². The Morgan fingerprint density at radius 1 is 1.02 bits per heavy atom. The molecule has 2 aromatic rings. The SMILES string of the molecule is Cc1ncsc1-c1ccc([C@H](C)NC(=O)[C@@H]2C[C@@H](O)CN2C(=O)[C@@H](NC(=O)CCCCC2CCN(C(=O)OC(C)(C)C)CC2)C(C)(C)C)cc1. The Morgan fingerprint density at radius 2 is 1.68 bits per heavy atom. The highest BCUT2D eigenvalue weighted by atomic mass is 32.1. The lowest BCUT2D eigenvalue weighted by atomic mass is 9.85. The Hall–Kier alpha value is -3.51. The first kappa shape index (κ1) is 39.3. The van der Waals surface area contributed by atoms with Crippen LogP contribution in [0.4, 0.5) is 4.79 Å². The minimum Gasteiger partial charge on any atom is -0.444 e. The van der Waals surface area contributed by atoms with Crippen LogP contribution in [0, 0.1) is 18.3 Å². The lowest BCUT2D eigenvalue weighted by molar-refractivity contribution is -0.144. The molecule has 276 valence electrons. The molecule has 2 saturated heterocycles. The number of unbranched alkanes of at least 4 members (excludes halogenated alkanes) is 1. The van der Waals surface area contributed by atoms with Crippen molar-refractivity contribution in [3.8, 4) is 10.4 Å². The van der Waals surface area contributed by atoms with Gasteiger partial charge in [-0.05, 0) is 76.3 Å². The molecule has 1 aromatic heterocycles. The van der Waals surface area contributed by atoms with E-state index in [2.05, 4.69) is 15.6 Å². The van der Waals surface area contributed by atoms with Crippen LogP contribution in [0.3, 0.4) is 0 Å². The van der Waals surface area contributed by atoms with Crippen LogP contribution in [0.25, 0.3) is 10.4 Å². The van der Waals surface area contributed by atoms with Gasteiger partial charge in [0.05, 0.1) is 28.2 Å². The Labute approximate surface area is 301 Å². The van der Waals surface area contributed by atoms with Crippen molar-refractivity contribution < 1.29 is 29.0 Å². The number of piperidine rings is 1. The Balaban J connectivity index is 1.27. The fourth-order valence-corrected chi connectivity index (χ4v) is 7.51. The number of nitrogens with zero attached hydrogens (tertiary/aromatic N) is 3. The van der Waals surface area contributed by atoms with Crippen LogP contribution < -0.4 is 10.6 Å². The van der Waals surface area contributed by atoms with Gasteiger partial charge in [0.25, 0.3) is 0 Å². The van der Waals surface area contributed by atoms with E-state index in [1.54, 1.807) is 16.2 Å².